The molecule has 0 spiro atoms. The van der Waals surface area contributed by atoms with E-state index in [4.69, 9.17) is 17.2 Å². The number of carbonyl (C=O) groups excluding carboxylic acids is 1. The number of carbonyl (C=O) groups is 1. The normalized spacial score (nSPS) is 18.1. The average molecular weight is 505 g/mol. The van der Waals surface area contributed by atoms with E-state index < -0.39 is 0 Å². The van der Waals surface area contributed by atoms with Gasteiger partial charge >= 0.3 is 0 Å². The molecule has 0 radical (unpaired) electrons. The van der Waals surface area contributed by atoms with E-state index in [1.54, 1.807) is 21.6 Å². The number of fused-ring (bicyclic) bond motifs is 1. The van der Waals surface area contributed by atoms with Crippen molar-refractivity contribution in [2.24, 2.45) is 0 Å². The summed E-state index contributed by atoms with van der Waals surface area (Å²) in [6, 6.07) is 12.1. The van der Waals surface area contributed by atoms with Gasteiger partial charge in [0.2, 0.25) is 0 Å². The Morgan fingerprint density at radius 1 is 1.11 bits per heavy atom. The molecule has 3 heterocycles. The predicted octanol–water partition coefficient (Wildman–Crippen LogP) is 5.46. The molecule has 1 amide bonds. The third-order valence-corrected chi connectivity index (χ3v) is 8.02. The third kappa shape index (κ3) is 4.90. The number of thiocarbonyl (C=S) groups is 1. The molecule has 6 nitrogen and oxygen atoms in total. The van der Waals surface area contributed by atoms with Crippen LogP contribution in [0.25, 0.3) is 11.7 Å². The fourth-order valence-corrected chi connectivity index (χ4v) is 5.87. The number of aromatic nitrogens is 2. The van der Waals surface area contributed by atoms with Crippen LogP contribution in [0.1, 0.15) is 54.4 Å². The maximum Gasteiger partial charge on any atom is 0.267 e. The summed E-state index contributed by atoms with van der Waals surface area (Å²) in [6.45, 7) is 4.38. The lowest BCUT2D eigenvalue weighted by molar-refractivity contribution is -0.122. The predicted molar refractivity (Wildman–Crippen MR) is 147 cm³/mol. The molecule has 0 atom stereocenters. The molecule has 35 heavy (non-hydrogen) atoms. The van der Waals surface area contributed by atoms with Crippen molar-refractivity contribution in [2.75, 3.05) is 5.32 Å². The first-order valence-electron chi connectivity index (χ1n) is 12.0. The molecule has 3 aromatic rings. The minimum Gasteiger partial charge on any atom is -0.367 e. The summed E-state index contributed by atoms with van der Waals surface area (Å²) in [7, 11) is 0. The number of thioether (sulfide) groups is 1. The molecular weight excluding hydrogens is 476 g/mol. The SMILES string of the molecule is Cc1ccc(CN2C(=O)/C(=C\c3c(NC4CCCCC4)nc4c(C)cccn4c3=O)SC2=S)cc1. The van der Waals surface area contributed by atoms with Crippen molar-refractivity contribution in [3.63, 3.8) is 0 Å². The van der Waals surface area contributed by atoms with Crippen LogP contribution in [0.15, 0.2) is 52.3 Å². The lowest BCUT2D eigenvalue weighted by Gasteiger charge is -2.24. The fourth-order valence-electron chi connectivity index (χ4n) is 4.64. The van der Waals surface area contributed by atoms with E-state index in [0.29, 0.717) is 32.8 Å². The molecule has 1 N–H and O–H groups in total. The van der Waals surface area contributed by atoms with Crippen molar-refractivity contribution in [1.82, 2.24) is 14.3 Å². The summed E-state index contributed by atoms with van der Waals surface area (Å²) in [4.78, 5) is 33.8. The number of anilines is 1. The molecule has 0 bridgehead atoms. The summed E-state index contributed by atoms with van der Waals surface area (Å²) in [5, 5.41) is 3.53. The van der Waals surface area contributed by atoms with E-state index in [1.807, 2.05) is 50.2 Å². The molecule has 1 aliphatic carbocycles. The van der Waals surface area contributed by atoms with Gasteiger partial charge in [-0.25, -0.2) is 4.98 Å². The third-order valence-electron chi connectivity index (χ3n) is 6.64. The number of benzene rings is 1. The first-order valence-corrected chi connectivity index (χ1v) is 13.2. The molecule has 1 aromatic carbocycles. The highest BCUT2D eigenvalue weighted by molar-refractivity contribution is 8.26. The van der Waals surface area contributed by atoms with Crippen molar-refractivity contribution in [2.45, 2.75) is 58.5 Å². The van der Waals surface area contributed by atoms with Crippen LogP contribution in [0.2, 0.25) is 0 Å². The van der Waals surface area contributed by atoms with Gasteiger partial charge in [0.1, 0.15) is 15.8 Å². The molecule has 2 fully saturated rings. The van der Waals surface area contributed by atoms with Crippen LogP contribution in [-0.4, -0.2) is 30.6 Å². The van der Waals surface area contributed by atoms with Gasteiger partial charge in [0.15, 0.2) is 0 Å². The van der Waals surface area contributed by atoms with Crippen LogP contribution in [-0.2, 0) is 11.3 Å². The summed E-state index contributed by atoms with van der Waals surface area (Å²) >= 11 is 6.78. The lowest BCUT2D eigenvalue weighted by Crippen LogP contribution is -2.28. The Kier molecular flexibility index (Phi) is 6.75. The quantitative estimate of drug-likeness (QED) is 0.368. The number of rotatable bonds is 5. The summed E-state index contributed by atoms with van der Waals surface area (Å²) < 4.78 is 2.05. The van der Waals surface area contributed by atoms with E-state index in [0.717, 1.165) is 42.4 Å². The van der Waals surface area contributed by atoms with Crippen molar-refractivity contribution < 1.29 is 4.79 Å². The lowest BCUT2D eigenvalue weighted by atomic mass is 9.95. The fraction of sp³-hybridized carbons (Fsp3) is 0.333. The number of hydrogen-bond donors (Lipinski definition) is 1. The monoisotopic (exact) mass is 504 g/mol. The second kappa shape index (κ2) is 9.95. The maximum atomic E-state index is 13.6. The highest BCUT2D eigenvalue weighted by Gasteiger charge is 2.33. The zero-order valence-electron chi connectivity index (χ0n) is 19.9. The summed E-state index contributed by atoms with van der Waals surface area (Å²) in [6.07, 6.45) is 9.06. The Labute approximate surface area is 214 Å². The molecule has 2 aliphatic rings. The van der Waals surface area contributed by atoms with Gasteiger partial charge < -0.3 is 5.32 Å². The number of pyridine rings is 1. The number of aryl methyl sites for hydroxylation is 2. The minimum atomic E-state index is -0.194. The van der Waals surface area contributed by atoms with E-state index in [1.165, 1.54) is 18.2 Å². The smallest absolute Gasteiger partial charge is 0.267 e. The molecule has 1 saturated heterocycles. The number of nitrogens with one attached hydrogen (secondary N) is 1. The van der Waals surface area contributed by atoms with Crippen molar-refractivity contribution in [3.05, 3.63) is 80.1 Å². The topological polar surface area (TPSA) is 66.7 Å². The van der Waals surface area contributed by atoms with Gasteiger partial charge in [-0.05, 0) is 50.0 Å². The highest BCUT2D eigenvalue weighted by atomic mass is 32.2. The van der Waals surface area contributed by atoms with Crippen molar-refractivity contribution >= 4 is 51.7 Å². The van der Waals surface area contributed by atoms with Crippen LogP contribution in [0, 0.1) is 13.8 Å². The molecule has 2 aromatic heterocycles. The molecule has 0 unspecified atom stereocenters. The van der Waals surface area contributed by atoms with Gasteiger partial charge in [0.25, 0.3) is 11.5 Å². The van der Waals surface area contributed by atoms with Crippen LogP contribution in [0.4, 0.5) is 5.82 Å². The van der Waals surface area contributed by atoms with Gasteiger partial charge in [-0.2, -0.15) is 0 Å². The number of nitrogens with zero attached hydrogens (tertiary/aromatic N) is 3. The van der Waals surface area contributed by atoms with Gasteiger partial charge in [-0.3, -0.25) is 18.9 Å². The Morgan fingerprint density at radius 3 is 2.60 bits per heavy atom. The van der Waals surface area contributed by atoms with E-state index in [2.05, 4.69) is 5.32 Å². The second-order valence-corrected chi connectivity index (χ2v) is 11.0. The standard InChI is InChI=1S/C27H28N4O2S2/c1-17-10-12-19(13-11-17)16-31-26(33)22(35-27(31)34)15-21-23(28-20-8-4-3-5-9-20)29-24-18(2)7-6-14-30(24)25(21)32/h6-7,10-15,20,28H,3-5,8-9,16H2,1-2H3/b22-15+. The first-order chi connectivity index (χ1) is 16.9. The maximum absolute atomic E-state index is 13.6. The average Bonchev–Trinajstić information content (AvgIpc) is 3.11. The Morgan fingerprint density at radius 2 is 1.86 bits per heavy atom. The molecule has 1 saturated carbocycles. The molecule has 180 valence electrons. The van der Waals surface area contributed by atoms with Crippen LogP contribution >= 0.6 is 24.0 Å². The van der Waals surface area contributed by atoms with Gasteiger partial charge in [-0.1, -0.05) is 79.1 Å². The van der Waals surface area contributed by atoms with Crippen molar-refractivity contribution in [1.29, 1.82) is 0 Å². The second-order valence-electron chi connectivity index (χ2n) is 9.30. The number of amides is 1. The van der Waals surface area contributed by atoms with Gasteiger partial charge in [0.05, 0.1) is 17.0 Å². The summed E-state index contributed by atoms with van der Waals surface area (Å²) in [5.74, 6) is 0.359. The van der Waals surface area contributed by atoms with Gasteiger partial charge in [0, 0.05) is 12.2 Å². The zero-order valence-corrected chi connectivity index (χ0v) is 21.5. The Bertz CT molecular complexity index is 1390. The molecule has 8 heteroatoms. The van der Waals surface area contributed by atoms with E-state index in [9.17, 15) is 9.59 Å². The van der Waals surface area contributed by atoms with Crippen LogP contribution in [0.5, 0.6) is 0 Å². The van der Waals surface area contributed by atoms with Crippen LogP contribution < -0.4 is 10.9 Å². The molecule has 5 rings (SSSR count). The zero-order chi connectivity index (χ0) is 24.5. The van der Waals surface area contributed by atoms with E-state index in [-0.39, 0.29) is 17.5 Å². The Hall–Kier alpha value is -2.97. The first kappa shape index (κ1) is 23.8. The van der Waals surface area contributed by atoms with E-state index >= 15 is 0 Å². The molecule has 1 aliphatic heterocycles. The van der Waals surface area contributed by atoms with Crippen molar-refractivity contribution in [3.8, 4) is 0 Å². The highest BCUT2D eigenvalue weighted by Crippen LogP contribution is 2.34. The largest absolute Gasteiger partial charge is 0.367 e. The van der Waals surface area contributed by atoms with Gasteiger partial charge in [-0.15, -0.1) is 0 Å². The Balaban J connectivity index is 1.53. The summed E-state index contributed by atoms with van der Waals surface area (Å²) in [5.41, 5.74) is 3.93. The van der Waals surface area contributed by atoms with Crippen LogP contribution in [0.3, 0.4) is 0 Å². The minimum absolute atomic E-state index is 0.182. The molecular formula is C27H28N4O2S2. The number of hydrogen-bond acceptors (Lipinski definition) is 6.